The van der Waals surface area contributed by atoms with E-state index in [2.05, 4.69) is 12.2 Å². The number of furan rings is 1. The zero-order chi connectivity index (χ0) is 14.3. The zero-order valence-electron chi connectivity index (χ0n) is 11.5. The van der Waals surface area contributed by atoms with Gasteiger partial charge in [-0.05, 0) is 49.9 Å². The summed E-state index contributed by atoms with van der Waals surface area (Å²) in [5.41, 5.74) is 0.664. The number of benzene rings is 1. The van der Waals surface area contributed by atoms with Crippen LogP contribution in [0.15, 0.2) is 28.9 Å². The van der Waals surface area contributed by atoms with Gasteiger partial charge >= 0.3 is 6.18 Å². The van der Waals surface area contributed by atoms with Crippen LogP contribution in [0.1, 0.15) is 36.8 Å². The summed E-state index contributed by atoms with van der Waals surface area (Å²) in [4.78, 5) is 0. The van der Waals surface area contributed by atoms with Crippen molar-refractivity contribution in [3.05, 3.63) is 35.6 Å². The molecule has 1 saturated heterocycles. The lowest BCUT2D eigenvalue weighted by molar-refractivity contribution is -0.136. The van der Waals surface area contributed by atoms with Crippen molar-refractivity contribution in [2.24, 2.45) is 0 Å². The molecule has 1 fully saturated rings. The number of alkyl halides is 3. The van der Waals surface area contributed by atoms with Crippen molar-refractivity contribution in [3.63, 3.8) is 0 Å². The van der Waals surface area contributed by atoms with Gasteiger partial charge in [-0.15, -0.1) is 12.4 Å². The number of hydrogen-bond donors (Lipinski definition) is 1. The molecule has 0 unspecified atom stereocenters. The van der Waals surface area contributed by atoms with Crippen LogP contribution in [0, 0.1) is 0 Å². The van der Waals surface area contributed by atoms with Crippen molar-refractivity contribution in [1.82, 2.24) is 5.32 Å². The highest BCUT2D eigenvalue weighted by Crippen LogP contribution is 2.40. The molecule has 2 aromatic rings. The molecule has 1 aromatic heterocycles. The largest absolute Gasteiger partial charge is 0.464 e. The minimum Gasteiger partial charge on any atom is -0.464 e. The quantitative estimate of drug-likeness (QED) is 0.822. The zero-order valence-corrected chi connectivity index (χ0v) is 12.4. The van der Waals surface area contributed by atoms with Crippen molar-refractivity contribution >= 4 is 23.4 Å². The van der Waals surface area contributed by atoms with Crippen molar-refractivity contribution in [1.29, 1.82) is 0 Å². The molecular formula is C15H17ClF3NO. The first-order valence-electron chi connectivity index (χ1n) is 6.77. The fourth-order valence-corrected chi connectivity index (χ4v) is 3.07. The summed E-state index contributed by atoms with van der Waals surface area (Å²) in [6.07, 6.45) is -1.16. The summed E-state index contributed by atoms with van der Waals surface area (Å²) in [6, 6.07) is 4.55. The van der Waals surface area contributed by atoms with Crippen LogP contribution in [0.25, 0.3) is 11.0 Å². The van der Waals surface area contributed by atoms with Crippen molar-refractivity contribution in [2.45, 2.75) is 37.9 Å². The summed E-state index contributed by atoms with van der Waals surface area (Å²) in [5.74, 6) is 0.252. The molecule has 0 aliphatic carbocycles. The molecule has 1 aliphatic heterocycles. The standard InChI is InChI=1S/C15H16F3NO.ClH/c1-9-8-10(4-6-19-9)11-2-3-13(15(16,17)18)12-5-7-20-14(11)12;/h2-3,5,7,9-10,19H,4,6,8H2,1H3;1H/t9-,10+;/m1./s1. The lowest BCUT2D eigenvalue weighted by atomic mass is 9.85. The number of hydrogen-bond acceptors (Lipinski definition) is 2. The fourth-order valence-electron chi connectivity index (χ4n) is 3.07. The second kappa shape index (κ2) is 5.89. The second-order valence-electron chi connectivity index (χ2n) is 5.44. The van der Waals surface area contributed by atoms with E-state index in [0.29, 0.717) is 11.6 Å². The van der Waals surface area contributed by atoms with Crippen LogP contribution in [0.3, 0.4) is 0 Å². The minimum atomic E-state index is -4.35. The number of rotatable bonds is 1. The molecular weight excluding hydrogens is 303 g/mol. The van der Waals surface area contributed by atoms with Crippen LogP contribution in [0.4, 0.5) is 13.2 Å². The lowest BCUT2D eigenvalue weighted by Crippen LogP contribution is -2.34. The van der Waals surface area contributed by atoms with Gasteiger partial charge in [-0.2, -0.15) is 13.2 Å². The maximum absolute atomic E-state index is 13.0. The Morgan fingerprint density at radius 2 is 2.00 bits per heavy atom. The Morgan fingerprint density at radius 1 is 1.24 bits per heavy atom. The minimum absolute atomic E-state index is 0. The third-order valence-corrected chi connectivity index (χ3v) is 4.02. The van der Waals surface area contributed by atoms with E-state index in [9.17, 15) is 13.2 Å². The Hall–Kier alpha value is -1.20. The molecule has 116 valence electrons. The van der Waals surface area contributed by atoms with Crippen molar-refractivity contribution in [3.8, 4) is 0 Å². The van der Waals surface area contributed by atoms with Crippen molar-refractivity contribution in [2.75, 3.05) is 6.54 Å². The number of fused-ring (bicyclic) bond motifs is 1. The SMILES string of the molecule is C[C@@H]1C[C@@H](c2ccc(C(F)(F)F)c3ccoc23)CCN1.Cl. The predicted octanol–water partition coefficient (Wildman–Crippen LogP) is 4.73. The third-order valence-electron chi connectivity index (χ3n) is 4.02. The van der Waals surface area contributed by atoms with Gasteiger partial charge in [0.2, 0.25) is 0 Å². The summed E-state index contributed by atoms with van der Waals surface area (Å²) in [7, 11) is 0. The van der Waals surface area contributed by atoms with Gasteiger partial charge in [-0.3, -0.25) is 0 Å². The summed E-state index contributed by atoms with van der Waals surface area (Å²) in [6.45, 7) is 2.98. The average Bonchev–Trinajstić information content (AvgIpc) is 2.85. The highest BCUT2D eigenvalue weighted by atomic mass is 35.5. The number of halogens is 4. The highest BCUT2D eigenvalue weighted by Gasteiger charge is 2.34. The maximum Gasteiger partial charge on any atom is 0.417 e. The molecule has 1 N–H and O–H groups in total. The van der Waals surface area contributed by atoms with Gasteiger partial charge in [0.25, 0.3) is 0 Å². The van der Waals surface area contributed by atoms with Gasteiger partial charge in [0.1, 0.15) is 5.58 Å². The molecule has 0 bridgehead atoms. The maximum atomic E-state index is 13.0. The molecule has 3 rings (SSSR count). The molecule has 1 aliphatic rings. The topological polar surface area (TPSA) is 25.2 Å². The van der Waals surface area contributed by atoms with E-state index >= 15 is 0 Å². The lowest BCUT2D eigenvalue weighted by Gasteiger charge is -2.28. The Bertz CT molecular complexity index is 623. The van der Waals surface area contributed by atoms with Crippen LogP contribution in [-0.4, -0.2) is 12.6 Å². The highest BCUT2D eigenvalue weighted by molar-refractivity contribution is 5.85. The molecule has 21 heavy (non-hydrogen) atoms. The van der Waals surface area contributed by atoms with Gasteiger partial charge in [0.05, 0.1) is 11.8 Å². The Balaban J connectivity index is 0.00000161. The molecule has 0 amide bonds. The van der Waals surface area contributed by atoms with Crippen LogP contribution in [0.2, 0.25) is 0 Å². The average molecular weight is 320 g/mol. The molecule has 0 radical (unpaired) electrons. The second-order valence-corrected chi connectivity index (χ2v) is 5.44. The molecule has 0 saturated carbocycles. The van der Waals surface area contributed by atoms with Gasteiger partial charge in [-0.1, -0.05) is 6.07 Å². The first-order chi connectivity index (χ1) is 9.47. The first-order valence-corrected chi connectivity index (χ1v) is 6.77. The number of nitrogens with one attached hydrogen (secondary N) is 1. The Morgan fingerprint density at radius 3 is 2.67 bits per heavy atom. The van der Waals surface area contributed by atoms with Crippen LogP contribution in [0.5, 0.6) is 0 Å². The third kappa shape index (κ3) is 3.04. The number of piperidine rings is 1. The van der Waals surface area contributed by atoms with Crippen LogP contribution in [-0.2, 0) is 6.18 Å². The van der Waals surface area contributed by atoms with Gasteiger partial charge in [0, 0.05) is 11.4 Å². The van der Waals surface area contributed by atoms with Gasteiger partial charge in [-0.25, -0.2) is 0 Å². The Kier molecular flexibility index (Phi) is 4.54. The molecule has 2 atom stereocenters. The van der Waals surface area contributed by atoms with E-state index in [4.69, 9.17) is 4.42 Å². The first kappa shape index (κ1) is 16.2. The predicted molar refractivity (Wildman–Crippen MR) is 77.9 cm³/mol. The summed E-state index contributed by atoms with van der Waals surface area (Å²) in [5, 5.41) is 3.52. The monoisotopic (exact) mass is 319 g/mol. The van der Waals surface area contributed by atoms with E-state index in [0.717, 1.165) is 24.9 Å². The Labute approximate surface area is 127 Å². The van der Waals surface area contributed by atoms with E-state index < -0.39 is 11.7 Å². The van der Waals surface area contributed by atoms with Crippen LogP contribution < -0.4 is 5.32 Å². The fraction of sp³-hybridized carbons (Fsp3) is 0.467. The molecule has 6 heteroatoms. The molecule has 2 heterocycles. The van der Waals surface area contributed by atoms with E-state index in [1.165, 1.54) is 18.4 Å². The molecule has 2 nitrogen and oxygen atoms in total. The van der Waals surface area contributed by atoms with Crippen molar-refractivity contribution < 1.29 is 17.6 Å². The van der Waals surface area contributed by atoms with E-state index in [-0.39, 0.29) is 23.7 Å². The van der Waals surface area contributed by atoms with E-state index in [1.807, 2.05) is 0 Å². The smallest absolute Gasteiger partial charge is 0.417 e. The summed E-state index contributed by atoms with van der Waals surface area (Å²) >= 11 is 0. The van der Waals surface area contributed by atoms with Gasteiger partial charge < -0.3 is 9.73 Å². The summed E-state index contributed by atoms with van der Waals surface area (Å²) < 4.78 is 44.3. The molecule has 0 spiro atoms. The molecule has 1 aromatic carbocycles. The normalized spacial score (nSPS) is 23.0. The van der Waals surface area contributed by atoms with Crippen LogP contribution >= 0.6 is 12.4 Å². The van der Waals surface area contributed by atoms with E-state index in [1.54, 1.807) is 6.07 Å². The van der Waals surface area contributed by atoms with Gasteiger partial charge in [0.15, 0.2) is 0 Å².